The number of amides is 1. The molecule has 1 heterocycles. The molecule has 0 unspecified atom stereocenters. The van der Waals surface area contributed by atoms with Gasteiger partial charge < -0.3 is 9.73 Å². The van der Waals surface area contributed by atoms with Crippen LogP contribution in [0.1, 0.15) is 29.3 Å². The SMILES string of the molecule is Cc1nnc(CC(=O)N[C@]2(C(F)(F)F)CCc3ccccc32)o1. The molecule has 0 radical (unpaired) electrons. The molecule has 1 N–H and O–H groups in total. The van der Waals surface area contributed by atoms with Crippen LogP contribution in [0.5, 0.6) is 0 Å². The summed E-state index contributed by atoms with van der Waals surface area (Å²) in [7, 11) is 0. The molecule has 1 aromatic heterocycles. The highest BCUT2D eigenvalue weighted by Gasteiger charge is 2.59. The summed E-state index contributed by atoms with van der Waals surface area (Å²) in [6.45, 7) is 1.54. The average Bonchev–Trinajstić information content (AvgIpc) is 3.04. The normalized spacial score (nSPS) is 20.3. The predicted octanol–water partition coefficient (Wildman–Crippen LogP) is 2.44. The number of aryl methyl sites for hydroxylation is 2. The third-order valence-electron chi connectivity index (χ3n) is 3.96. The number of benzene rings is 1. The Morgan fingerprint density at radius 1 is 1.35 bits per heavy atom. The zero-order valence-electron chi connectivity index (χ0n) is 12.3. The second kappa shape index (κ2) is 5.36. The molecular weight excluding hydrogens is 311 g/mol. The van der Waals surface area contributed by atoms with E-state index >= 15 is 0 Å². The molecule has 0 fully saturated rings. The molecule has 122 valence electrons. The lowest BCUT2D eigenvalue weighted by molar-refractivity contribution is -0.202. The molecule has 0 spiro atoms. The summed E-state index contributed by atoms with van der Waals surface area (Å²) in [5.74, 6) is -0.559. The molecule has 0 bridgehead atoms. The molecule has 1 amide bonds. The summed E-state index contributed by atoms with van der Waals surface area (Å²) in [6.07, 6.45) is -4.94. The van der Waals surface area contributed by atoms with E-state index in [0.29, 0.717) is 5.56 Å². The molecule has 3 rings (SSSR count). The van der Waals surface area contributed by atoms with Gasteiger partial charge in [-0.15, -0.1) is 10.2 Å². The molecule has 0 saturated heterocycles. The van der Waals surface area contributed by atoms with Gasteiger partial charge in [0.05, 0.1) is 0 Å². The lowest BCUT2D eigenvalue weighted by Gasteiger charge is -2.33. The second-order valence-corrected chi connectivity index (χ2v) is 5.50. The van der Waals surface area contributed by atoms with Crippen LogP contribution in [0.3, 0.4) is 0 Å². The molecule has 1 aliphatic carbocycles. The highest BCUT2D eigenvalue weighted by atomic mass is 19.4. The molecule has 1 aliphatic rings. The van der Waals surface area contributed by atoms with Crippen LogP contribution in [0, 0.1) is 6.92 Å². The van der Waals surface area contributed by atoms with Crippen molar-refractivity contribution in [1.82, 2.24) is 15.5 Å². The maximum absolute atomic E-state index is 13.7. The first-order valence-electron chi connectivity index (χ1n) is 7.07. The van der Waals surface area contributed by atoms with Crippen LogP contribution in [0.4, 0.5) is 13.2 Å². The largest absolute Gasteiger partial charge is 0.425 e. The fourth-order valence-corrected chi connectivity index (χ4v) is 2.94. The van der Waals surface area contributed by atoms with Crippen LogP contribution in [-0.2, 0) is 23.2 Å². The maximum atomic E-state index is 13.7. The smallest absolute Gasteiger partial charge is 0.415 e. The van der Waals surface area contributed by atoms with Gasteiger partial charge in [0.25, 0.3) is 0 Å². The van der Waals surface area contributed by atoms with Crippen molar-refractivity contribution in [2.75, 3.05) is 0 Å². The van der Waals surface area contributed by atoms with Crippen LogP contribution in [0.25, 0.3) is 0 Å². The number of carbonyl (C=O) groups is 1. The molecule has 23 heavy (non-hydrogen) atoms. The summed E-state index contributed by atoms with van der Waals surface area (Å²) in [4.78, 5) is 12.1. The number of fused-ring (bicyclic) bond motifs is 1. The maximum Gasteiger partial charge on any atom is 0.415 e. The van der Waals surface area contributed by atoms with E-state index in [1.165, 1.54) is 12.1 Å². The Labute approximate surface area is 129 Å². The topological polar surface area (TPSA) is 68.0 Å². The first kappa shape index (κ1) is 15.5. The molecular formula is C15H14F3N3O2. The van der Waals surface area contributed by atoms with Gasteiger partial charge in [0, 0.05) is 6.92 Å². The number of nitrogens with one attached hydrogen (secondary N) is 1. The van der Waals surface area contributed by atoms with Gasteiger partial charge in [-0.25, -0.2) is 0 Å². The van der Waals surface area contributed by atoms with E-state index in [0.717, 1.165) is 0 Å². The molecule has 0 aliphatic heterocycles. The van der Waals surface area contributed by atoms with E-state index in [2.05, 4.69) is 15.5 Å². The van der Waals surface area contributed by atoms with Crippen molar-refractivity contribution >= 4 is 5.91 Å². The summed E-state index contributed by atoms with van der Waals surface area (Å²) < 4.78 is 46.2. The fraction of sp³-hybridized carbons (Fsp3) is 0.400. The Bertz CT molecular complexity index is 742. The number of aromatic nitrogens is 2. The molecule has 1 aromatic carbocycles. The van der Waals surface area contributed by atoms with E-state index in [4.69, 9.17) is 4.42 Å². The highest BCUT2D eigenvalue weighted by Crippen LogP contribution is 2.48. The predicted molar refractivity (Wildman–Crippen MR) is 73.4 cm³/mol. The summed E-state index contributed by atoms with van der Waals surface area (Å²) in [5.41, 5.74) is -1.67. The van der Waals surface area contributed by atoms with Gasteiger partial charge in [-0.05, 0) is 24.0 Å². The van der Waals surface area contributed by atoms with E-state index in [1.807, 2.05) is 0 Å². The first-order valence-corrected chi connectivity index (χ1v) is 7.07. The Morgan fingerprint density at radius 3 is 2.74 bits per heavy atom. The lowest BCUT2D eigenvalue weighted by atomic mass is 9.90. The zero-order valence-corrected chi connectivity index (χ0v) is 12.3. The van der Waals surface area contributed by atoms with Gasteiger partial charge in [-0.1, -0.05) is 24.3 Å². The molecule has 2 aromatic rings. The minimum atomic E-state index is -4.60. The van der Waals surface area contributed by atoms with Crippen molar-refractivity contribution in [2.45, 2.75) is 37.9 Å². The van der Waals surface area contributed by atoms with E-state index < -0.39 is 17.6 Å². The van der Waals surface area contributed by atoms with E-state index in [-0.39, 0.29) is 36.6 Å². The van der Waals surface area contributed by atoms with E-state index in [9.17, 15) is 18.0 Å². The van der Waals surface area contributed by atoms with Gasteiger partial charge in [-0.3, -0.25) is 4.79 Å². The van der Waals surface area contributed by atoms with Gasteiger partial charge in [0.2, 0.25) is 17.7 Å². The third-order valence-corrected chi connectivity index (χ3v) is 3.96. The zero-order chi connectivity index (χ0) is 16.7. The number of rotatable bonds is 3. The van der Waals surface area contributed by atoms with Crippen molar-refractivity contribution in [2.24, 2.45) is 0 Å². The summed E-state index contributed by atoms with van der Waals surface area (Å²) >= 11 is 0. The monoisotopic (exact) mass is 325 g/mol. The molecule has 8 heteroatoms. The number of nitrogens with zero attached hydrogens (tertiary/aromatic N) is 2. The number of halogens is 3. The van der Waals surface area contributed by atoms with Gasteiger partial charge in [0.15, 0.2) is 5.54 Å². The van der Waals surface area contributed by atoms with Crippen LogP contribution < -0.4 is 5.32 Å². The van der Waals surface area contributed by atoms with Crippen LogP contribution >= 0.6 is 0 Å². The van der Waals surface area contributed by atoms with Gasteiger partial charge >= 0.3 is 6.18 Å². The Balaban J connectivity index is 1.89. The van der Waals surface area contributed by atoms with Crippen LogP contribution in [0.2, 0.25) is 0 Å². The van der Waals surface area contributed by atoms with Crippen LogP contribution in [0.15, 0.2) is 28.7 Å². The Morgan fingerprint density at radius 2 is 2.09 bits per heavy atom. The number of hydrogen-bond acceptors (Lipinski definition) is 4. The average molecular weight is 325 g/mol. The number of carbonyl (C=O) groups excluding carboxylic acids is 1. The van der Waals surface area contributed by atoms with Gasteiger partial charge in [0.1, 0.15) is 6.42 Å². The van der Waals surface area contributed by atoms with Crippen molar-refractivity contribution in [3.8, 4) is 0 Å². The molecule has 1 atom stereocenters. The highest BCUT2D eigenvalue weighted by molar-refractivity contribution is 5.79. The first-order chi connectivity index (χ1) is 10.8. The summed E-state index contributed by atoms with van der Waals surface area (Å²) in [5, 5.41) is 9.34. The Kier molecular flexibility index (Phi) is 3.62. The van der Waals surface area contributed by atoms with Crippen molar-refractivity contribution in [3.63, 3.8) is 0 Å². The lowest BCUT2D eigenvalue weighted by Crippen LogP contribution is -2.55. The third kappa shape index (κ3) is 2.69. The quantitative estimate of drug-likeness (QED) is 0.941. The van der Waals surface area contributed by atoms with Crippen molar-refractivity contribution < 1.29 is 22.4 Å². The standard InChI is InChI=1S/C15H14F3N3O2/c1-9-20-21-13(23-9)8-12(22)19-14(15(16,17)18)7-6-10-4-2-3-5-11(10)14/h2-5H,6-8H2,1H3,(H,19,22)/t14-/m1/s1. The van der Waals surface area contributed by atoms with Crippen molar-refractivity contribution in [3.05, 3.63) is 47.2 Å². The number of alkyl halides is 3. The van der Waals surface area contributed by atoms with Crippen LogP contribution in [-0.4, -0.2) is 22.3 Å². The fourth-order valence-electron chi connectivity index (χ4n) is 2.94. The summed E-state index contributed by atoms with van der Waals surface area (Å²) in [6, 6.07) is 6.29. The van der Waals surface area contributed by atoms with Gasteiger partial charge in [-0.2, -0.15) is 13.2 Å². The van der Waals surface area contributed by atoms with E-state index in [1.54, 1.807) is 19.1 Å². The van der Waals surface area contributed by atoms with Crippen molar-refractivity contribution in [1.29, 1.82) is 0 Å². The second-order valence-electron chi connectivity index (χ2n) is 5.50. The molecule has 0 saturated carbocycles. The minimum absolute atomic E-state index is 0.0105. The molecule has 5 nitrogen and oxygen atoms in total. The minimum Gasteiger partial charge on any atom is -0.425 e. The number of hydrogen-bond donors (Lipinski definition) is 1. The Hall–Kier alpha value is -2.38.